The third-order valence-corrected chi connectivity index (χ3v) is 1.24. The van der Waals surface area contributed by atoms with Crippen LogP contribution in [0.3, 0.4) is 0 Å². The lowest BCUT2D eigenvalue weighted by Gasteiger charge is -2.21. The van der Waals surface area contributed by atoms with Crippen LogP contribution in [-0.2, 0) is 0 Å². The molecule has 2 heteroatoms. The van der Waals surface area contributed by atoms with Gasteiger partial charge in [0.15, 0.2) is 0 Å². The fraction of sp³-hybridized carbons (Fsp3) is 0.600. The third kappa shape index (κ3) is 12.8. The second-order valence-corrected chi connectivity index (χ2v) is 4.42. The van der Waals surface area contributed by atoms with E-state index in [4.69, 9.17) is 9.84 Å². The molecule has 0 bridgehead atoms. The van der Waals surface area contributed by atoms with Gasteiger partial charge in [0, 0.05) is 6.07 Å². The highest BCUT2D eigenvalue weighted by Gasteiger charge is 2.11. The summed E-state index contributed by atoms with van der Waals surface area (Å²) in [7, 11) is 0. The lowest BCUT2D eigenvalue weighted by Crippen LogP contribution is -2.22. The molecule has 1 aromatic rings. The maximum Gasteiger partial charge on any atom is 0.123 e. The molecule has 1 N–H and O–H groups in total. The van der Waals surface area contributed by atoms with E-state index in [0.717, 1.165) is 0 Å². The minimum Gasteiger partial charge on any atom is -0.508 e. The second kappa shape index (κ2) is 10.0. The fourth-order valence-electron chi connectivity index (χ4n) is 0.901. The smallest absolute Gasteiger partial charge is 0.123 e. The minimum absolute atomic E-state index is 0.214. The fourth-order valence-corrected chi connectivity index (χ4v) is 0.901. The Hall–Kier alpha value is -1.18. The SMILES string of the molecule is CC.CC(C)(C)Oc1cccc(O)c1.CCC. The summed E-state index contributed by atoms with van der Waals surface area (Å²) in [5.41, 5.74) is -0.214. The molecule has 0 aliphatic heterocycles. The molecule has 0 atom stereocenters. The van der Waals surface area contributed by atoms with Gasteiger partial charge in [-0.25, -0.2) is 0 Å². The first-order chi connectivity index (χ1) is 7.89. The highest BCUT2D eigenvalue weighted by atomic mass is 16.5. The van der Waals surface area contributed by atoms with E-state index in [1.54, 1.807) is 18.2 Å². The number of hydrogen-bond donors (Lipinski definition) is 1. The van der Waals surface area contributed by atoms with Crippen LogP contribution in [0.25, 0.3) is 0 Å². The Morgan fingerprint density at radius 1 is 1.12 bits per heavy atom. The highest BCUT2D eigenvalue weighted by molar-refractivity contribution is 5.32. The summed E-state index contributed by atoms with van der Waals surface area (Å²) >= 11 is 0. The van der Waals surface area contributed by atoms with Gasteiger partial charge in [-0.3, -0.25) is 0 Å². The number of aromatic hydroxyl groups is 1. The quantitative estimate of drug-likeness (QED) is 0.747. The average Bonchev–Trinajstić information content (AvgIpc) is 2.19. The van der Waals surface area contributed by atoms with Crippen molar-refractivity contribution in [2.24, 2.45) is 0 Å². The summed E-state index contributed by atoms with van der Waals surface area (Å²) in [5.74, 6) is 0.930. The minimum atomic E-state index is -0.214. The van der Waals surface area contributed by atoms with Crippen LogP contribution in [0.1, 0.15) is 54.9 Å². The van der Waals surface area contributed by atoms with Crippen molar-refractivity contribution in [2.45, 2.75) is 60.5 Å². The first-order valence-electron chi connectivity index (χ1n) is 6.37. The average molecular weight is 240 g/mol. The molecule has 100 valence electrons. The van der Waals surface area contributed by atoms with Gasteiger partial charge in [0.05, 0.1) is 0 Å². The molecule has 0 spiro atoms. The Bertz CT molecular complexity index is 274. The van der Waals surface area contributed by atoms with Crippen molar-refractivity contribution < 1.29 is 9.84 Å². The van der Waals surface area contributed by atoms with E-state index >= 15 is 0 Å². The van der Waals surface area contributed by atoms with Gasteiger partial charge in [-0.2, -0.15) is 0 Å². The molecule has 0 unspecified atom stereocenters. The molecule has 0 aromatic heterocycles. The first-order valence-corrected chi connectivity index (χ1v) is 6.37. The van der Waals surface area contributed by atoms with Gasteiger partial charge in [-0.05, 0) is 32.9 Å². The van der Waals surface area contributed by atoms with Gasteiger partial charge in [-0.15, -0.1) is 0 Å². The molecule has 1 aromatic carbocycles. The Kier molecular flexibility index (Phi) is 10.7. The van der Waals surface area contributed by atoms with E-state index in [0.29, 0.717) is 5.75 Å². The predicted molar refractivity (Wildman–Crippen MR) is 75.8 cm³/mol. The van der Waals surface area contributed by atoms with Gasteiger partial charge in [0.2, 0.25) is 0 Å². The van der Waals surface area contributed by atoms with Gasteiger partial charge in [0.1, 0.15) is 17.1 Å². The lowest BCUT2D eigenvalue weighted by atomic mass is 10.2. The number of phenolic OH excluding ortho intramolecular Hbond substituents is 1. The maximum atomic E-state index is 9.13. The maximum absolute atomic E-state index is 9.13. The Morgan fingerprint density at radius 3 is 1.94 bits per heavy atom. The van der Waals surface area contributed by atoms with E-state index in [9.17, 15) is 0 Å². The van der Waals surface area contributed by atoms with Crippen molar-refractivity contribution in [1.82, 2.24) is 0 Å². The summed E-state index contributed by atoms with van der Waals surface area (Å²) in [4.78, 5) is 0. The molecule has 0 aliphatic rings. The van der Waals surface area contributed by atoms with Crippen LogP contribution in [0.15, 0.2) is 24.3 Å². The van der Waals surface area contributed by atoms with E-state index in [1.807, 2.05) is 40.7 Å². The summed E-state index contributed by atoms with van der Waals surface area (Å²) < 4.78 is 5.52. The normalized spacial score (nSPS) is 9.35. The van der Waals surface area contributed by atoms with Gasteiger partial charge in [-0.1, -0.05) is 40.2 Å². The topological polar surface area (TPSA) is 29.5 Å². The number of phenols is 1. The zero-order valence-corrected chi connectivity index (χ0v) is 12.4. The zero-order chi connectivity index (χ0) is 13.9. The van der Waals surface area contributed by atoms with Crippen molar-refractivity contribution in [3.05, 3.63) is 24.3 Å². The standard InChI is InChI=1S/C10H14O2.C3H8.C2H6/c1-10(2,3)12-9-6-4-5-8(11)7-9;1-3-2;1-2/h4-7,11H,1-3H3;3H2,1-2H3;1-2H3. The number of benzene rings is 1. The van der Waals surface area contributed by atoms with Crippen LogP contribution in [0.2, 0.25) is 0 Å². The van der Waals surface area contributed by atoms with Crippen LogP contribution in [0.4, 0.5) is 0 Å². The summed E-state index contributed by atoms with van der Waals surface area (Å²) in [6.07, 6.45) is 1.25. The van der Waals surface area contributed by atoms with Crippen molar-refractivity contribution in [2.75, 3.05) is 0 Å². The number of hydrogen-bond acceptors (Lipinski definition) is 2. The molecule has 0 saturated heterocycles. The van der Waals surface area contributed by atoms with Crippen LogP contribution in [-0.4, -0.2) is 10.7 Å². The van der Waals surface area contributed by atoms with Gasteiger partial charge in [0.25, 0.3) is 0 Å². The second-order valence-electron chi connectivity index (χ2n) is 4.42. The first kappa shape index (κ1) is 18.2. The van der Waals surface area contributed by atoms with E-state index in [1.165, 1.54) is 6.42 Å². The predicted octanol–water partition coefficient (Wildman–Crippen LogP) is 5.01. The molecular weight excluding hydrogens is 212 g/mol. The summed E-state index contributed by atoms with van der Waals surface area (Å²) in [6.45, 7) is 14.2. The number of rotatable bonds is 1. The molecule has 17 heavy (non-hydrogen) atoms. The Morgan fingerprint density at radius 2 is 1.59 bits per heavy atom. The molecule has 0 saturated carbocycles. The molecule has 0 amide bonds. The molecule has 0 radical (unpaired) electrons. The molecule has 1 rings (SSSR count). The van der Waals surface area contributed by atoms with Gasteiger partial charge < -0.3 is 9.84 Å². The molecule has 0 fully saturated rings. The molecular formula is C15H28O2. The zero-order valence-electron chi connectivity index (χ0n) is 12.4. The summed E-state index contributed by atoms with van der Waals surface area (Å²) in [6, 6.07) is 6.81. The Balaban J connectivity index is 0. The van der Waals surface area contributed by atoms with E-state index in [2.05, 4.69) is 13.8 Å². The molecule has 0 heterocycles. The van der Waals surface area contributed by atoms with Crippen molar-refractivity contribution in [3.63, 3.8) is 0 Å². The third-order valence-electron chi connectivity index (χ3n) is 1.24. The van der Waals surface area contributed by atoms with Crippen molar-refractivity contribution >= 4 is 0 Å². The van der Waals surface area contributed by atoms with E-state index < -0.39 is 0 Å². The van der Waals surface area contributed by atoms with Crippen molar-refractivity contribution in [1.29, 1.82) is 0 Å². The Labute approximate surface area is 107 Å². The highest BCUT2D eigenvalue weighted by Crippen LogP contribution is 2.21. The van der Waals surface area contributed by atoms with Crippen LogP contribution < -0.4 is 4.74 Å². The van der Waals surface area contributed by atoms with Crippen LogP contribution >= 0.6 is 0 Å². The molecule has 2 nitrogen and oxygen atoms in total. The molecule has 0 aliphatic carbocycles. The lowest BCUT2D eigenvalue weighted by molar-refractivity contribution is 0.130. The van der Waals surface area contributed by atoms with Crippen LogP contribution in [0, 0.1) is 0 Å². The van der Waals surface area contributed by atoms with Gasteiger partial charge >= 0.3 is 0 Å². The van der Waals surface area contributed by atoms with Crippen LogP contribution in [0.5, 0.6) is 11.5 Å². The largest absolute Gasteiger partial charge is 0.508 e. The van der Waals surface area contributed by atoms with E-state index in [-0.39, 0.29) is 11.4 Å². The summed E-state index contributed by atoms with van der Waals surface area (Å²) in [5, 5.41) is 9.13. The van der Waals surface area contributed by atoms with Crippen molar-refractivity contribution in [3.8, 4) is 11.5 Å². The number of ether oxygens (including phenoxy) is 1. The monoisotopic (exact) mass is 240 g/mol.